The van der Waals surface area contributed by atoms with Gasteiger partial charge in [-0.2, -0.15) is 0 Å². The maximum atomic E-state index is 12.2. The third kappa shape index (κ3) is 5.01. The number of nitrogens with zero attached hydrogens (tertiary/aromatic N) is 1. The third-order valence-corrected chi connectivity index (χ3v) is 5.46. The van der Waals surface area contributed by atoms with Crippen molar-refractivity contribution in [1.82, 2.24) is 4.98 Å². The molecule has 3 rings (SSSR count). The Morgan fingerprint density at radius 2 is 1.96 bits per heavy atom. The molecule has 5 nitrogen and oxygen atoms in total. The Bertz CT molecular complexity index is 966. The molecule has 6 heteroatoms. The summed E-state index contributed by atoms with van der Waals surface area (Å²) in [5.41, 5.74) is 3.42. The van der Waals surface area contributed by atoms with Gasteiger partial charge >= 0.3 is 0 Å². The summed E-state index contributed by atoms with van der Waals surface area (Å²) in [4.78, 5) is 16.6. The Balaban J connectivity index is 1.46. The number of aromatic nitrogens is 1. The molecular formula is C22H26N2O3S. The Morgan fingerprint density at radius 3 is 2.68 bits per heavy atom. The fourth-order valence-electron chi connectivity index (χ4n) is 3.08. The highest BCUT2D eigenvalue weighted by Crippen LogP contribution is 2.29. The first kappa shape index (κ1) is 20.1. The zero-order valence-electron chi connectivity index (χ0n) is 16.7. The van der Waals surface area contributed by atoms with E-state index in [-0.39, 0.29) is 5.91 Å². The monoisotopic (exact) mass is 398 g/mol. The Kier molecular flexibility index (Phi) is 6.52. The standard InChI is InChI=1S/C22H26N2O3S/c1-14(2)18-9-7-17(12-15(18)3)27-11-5-6-21(25)24-22-23-19-10-8-16(26-4)13-20(19)28-22/h7-10,12-14H,5-6,11H2,1-4H3,(H,23,24,25). The molecule has 1 heterocycles. The number of benzene rings is 2. The minimum Gasteiger partial charge on any atom is -0.497 e. The van der Waals surface area contributed by atoms with E-state index in [1.54, 1.807) is 7.11 Å². The number of anilines is 1. The molecule has 0 bridgehead atoms. The summed E-state index contributed by atoms with van der Waals surface area (Å²) in [5, 5.41) is 3.47. The molecule has 1 amide bonds. The molecule has 1 aromatic heterocycles. The molecule has 0 atom stereocenters. The summed E-state index contributed by atoms with van der Waals surface area (Å²) >= 11 is 1.44. The SMILES string of the molecule is COc1ccc2nc(NC(=O)CCCOc3ccc(C(C)C)c(C)c3)sc2c1. The van der Waals surface area contributed by atoms with Crippen LogP contribution < -0.4 is 14.8 Å². The minimum atomic E-state index is -0.0547. The number of carbonyl (C=O) groups is 1. The molecule has 28 heavy (non-hydrogen) atoms. The van der Waals surface area contributed by atoms with Crippen LogP contribution in [0.15, 0.2) is 36.4 Å². The Labute approximate surface area is 169 Å². The molecule has 148 valence electrons. The lowest BCUT2D eigenvalue weighted by molar-refractivity contribution is -0.116. The number of thiazole rings is 1. The maximum Gasteiger partial charge on any atom is 0.226 e. The molecule has 0 saturated heterocycles. The topological polar surface area (TPSA) is 60.5 Å². The largest absolute Gasteiger partial charge is 0.497 e. The van der Waals surface area contributed by atoms with Gasteiger partial charge in [-0.1, -0.05) is 31.3 Å². The van der Waals surface area contributed by atoms with Gasteiger partial charge in [0, 0.05) is 6.42 Å². The first-order chi connectivity index (χ1) is 13.5. The van der Waals surface area contributed by atoms with Gasteiger partial charge in [-0.15, -0.1) is 0 Å². The van der Waals surface area contributed by atoms with Crippen LogP contribution in [0.25, 0.3) is 10.2 Å². The zero-order chi connectivity index (χ0) is 20.1. The lowest BCUT2D eigenvalue weighted by Crippen LogP contribution is -2.12. The number of hydrogen-bond donors (Lipinski definition) is 1. The summed E-state index contributed by atoms with van der Waals surface area (Å²) < 4.78 is 12.0. The van der Waals surface area contributed by atoms with Crippen molar-refractivity contribution in [3.05, 3.63) is 47.5 Å². The summed E-state index contributed by atoms with van der Waals surface area (Å²) in [5.74, 6) is 2.08. The van der Waals surface area contributed by atoms with Crippen molar-refractivity contribution in [2.75, 3.05) is 19.0 Å². The minimum absolute atomic E-state index is 0.0547. The lowest BCUT2D eigenvalue weighted by atomic mass is 9.98. The number of nitrogens with one attached hydrogen (secondary N) is 1. The van der Waals surface area contributed by atoms with Crippen molar-refractivity contribution in [3.63, 3.8) is 0 Å². The third-order valence-electron chi connectivity index (χ3n) is 4.52. The highest BCUT2D eigenvalue weighted by molar-refractivity contribution is 7.22. The summed E-state index contributed by atoms with van der Waals surface area (Å²) in [6.07, 6.45) is 1.04. The van der Waals surface area contributed by atoms with Gasteiger partial charge in [0.2, 0.25) is 5.91 Å². The van der Waals surface area contributed by atoms with Crippen LogP contribution in [0.4, 0.5) is 5.13 Å². The van der Waals surface area contributed by atoms with E-state index in [4.69, 9.17) is 9.47 Å². The maximum absolute atomic E-state index is 12.2. The Morgan fingerprint density at radius 1 is 1.18 bits per heavy atom. The van der Waals surface area contributed by atoms with Crippen LogP contribution in [0.2, 0.25) is 0 Å². The van der Waals surface area contributed by atoms with E-state index in [1.807, 2.05) is 24.3 Å². The highest BCUT2D eigenvalue weighted by Gasteiger charge is 2.09. The molecule has 0 unspecified atom stereocenters. The number of rotatable bonds is 8. The Hall–Kier alpha value is -2.60. The average Bonchev–Trinajstić information content (AvgIpc) is 3.06. The predicted octanol–water partition coefficient (Wildman–Crippen LogP) is 5.53. The predicted molar refractivity (Wildman–Crippen MR) is 115 cm³/mol. The van der Waals surface area contributed by atoms with Gasteiger partial charge in [0.25, 0.3) is 0 Å². The molecule has 0 fully saturated rings. The number of aryl methyl sites for hydroxylation is 1. The zero-order valence-corrected chi connectivity index (χ0v) is 17.6. The fourth-order valence-corrected chi connectivity index (χ4v) is 3.99. The van der Waals surface area contributed by atoms with Gasteiger partial charge in [0.1, 0.15) is 11.5 Å². The van der Waals surface area contributed by atoms with Crippen molar-refractivity contribution in [2.24, 2.45) is 0 Å². The summed E-state index contributed by atoms with van der Waals surface area (Å²) in [7, 11) is 1.63. The molecule has 0 aliphatic heterocycles. The quantitative estimate of drug-likeness (QED) is 0.507. The first-order valence-corrected chi connectivity index (χ1v) is 10.3. The van der Waals surface area contributed by atoms with Gasteiger partial charge in [-0.3, -0.25) is 4.79 Å². The van der Waals surface area contributed by atoms with E-state index in [0.29, 0.717) is 30.5 Å². The smallest absolute Gasteiger partial charge is 0.226 e. The van der Waals surface area contributed by atoms with Crippen molar-refractivity contribution in [1.29, 1.82) is 0 Å². The van der Waals surface area contributed by atoms with E-state index in [2.05, 4.69) is 43.2 Å². The van der Waals surface area contributed by atoms with Crippen molar-refractivity contribution >= 4 is 32.6 Å². The van der Waals surface area contributed by atoms with E-state index >= 15 is 0 Å². The molecule has 0 radical (unpaired) electrons. The first-order valence-electron chi connectivity index (χ1n) is 9.44. The van der Waals surface area contributed by atoms with Crippen LogP contribution in [0.1, 0.15) is 43.7 Å². The molecule has 2 aromatic carbocycles. The average molecular weight is 399 g/mol. The summed E-state index contributed by atoms with van der Waals surface area (Å²) in [6.45, 7) is 6.97. The number of fused-ring (bicyclic) bond motifs is 1. The van der Waals surface area contributed by atoms with Crippen LogP contribution in [0.3, 0.4) is 0 Å². The molecule has 0 saturated carbocycles. The van der Waals surface area contributed by atoms with Gasteiger partial charge in [0.05, 0.1) is 23.9 Å². The lowest BCUT2D eigenvalue weighted by Gasteiger charge is -2.12. The van der Waals surface area contributed by atoms with E-state index in [1.165, 1.54) is 22.5 Å². The van der Waals surface area contributed by atoms with Crippen LogP contribution in [-0.4, -0.2) is 24.6 Å². The van der Waals surface area contributed by atoms with E-state index in [0.717, 1.165) is 21.7 Å². The van der Waals surface area contributed by atoms with Crippen molar-refractivity contribution < 1.29 is 14.3 Å². The van der Waals surface area contributed by atoms with Crippen LogP contribution in [0.5, 0.6) is 11.5 Å². The second-order valence-corrected chi connectivity index (χ2v) is 8.06. The molecule has 0 aliphatic rings. The number of ether oxygens (including phenoxy) is 2. The molecule has 3 aromatic rings. The van der Waals surface area contributed by atoms with Crippen LogP contribution >= 0.6 is 11.3 Å². The second kappa shape index (κ2) is 9.06. The number of methoxy groups -OCH3 is 1. The fraction of sp³-hybridized carbons (Fsp3) is 0.364. The molecular weight excluding hydrogens is 372 g/mol. The highest BCUT2D eigenvalue weighted by atomic mass is 32.1. The molecule has 0 aliphatic carbocycles. The van der Waals surface area contributed by atoms with Crippen LogP contribution in [-0.2, 0) is 4.79 Å². The summed E-state index contributed by atoms with van der Waals surface area (Å²) in [6, 6.07) is 11.8. The number of amides is 1. The normalized spacial score (nSPS) is 11.0. The number of carbonyl (C=O) groups excluding carboxylic acids is 1. The van der Waals surface area contributed by atoms with Gasteiger partial charge in [0.15, 0.2) is 5.13 Å². The second-order valence-electron chi connectivity index (χ2n) is 7.03. The number of hydrogen-bond acceptors (Lipinski definition) is 5. The van der Waals surface area contributed by atoms with E-state index < -0.39 is 0 Å². The van der Waals surface area contributed by atoms with Gasteiger partial charge in [-0.05, 0) is 60.7 Å². The van der Waals surface area contributed by atoms with E-state index in [9.17, 15) is 4.79 Å². The molecule has 1 N–H and O–H groups in total. The van der Waals surface area contributed by atoms with Gasteiger partial charge < -0.3 is 14.8 Å². The molecule has 0 spiro atoms. The van der Waals surface area contributed by atoms with Crippen LogP contribution in [0, 0.1) is 6.92 Å². The van der Waals surface area contributed by atoms with Gasteiger partial charge in [-0.25, -0.2) is 4.98 Å². The van der Waals surface area contributed by atoms with Crippen molar-refractivity contribution in [3.8, 4) is 11.5 Å². The van der Waals surface area contributed by atoms with Crippen molar-refractivity contribution in [2.45, 2.75) is 39.5 Å².